The molecule has 1 rings (SSSR count). The predicted molar refractivity (Wildman–Crippen MR) is 72.7 cm³/mol. The highest BCUT2D eigenvalue weighted by atomic mass is 16.5. The number of aliphatic hydroxyl groups is 1. The van der Waals surface area contributed by atoms with E-state index in [-0.39, 0.29) is 0 Å². The molecule has 0 bridgehead atoms. The third kappa shape index (κ3) is 3.31. The van der Waals surface area contributed by atoms with Gasteiger partial charge in [-0.2, -0.15) is 0 Å². The topological polar surface area (TPSA) is 62.6 Å². The number of hydrogen-bond donors (Lipinski definition) is 2. The number of nitrogens with zero attached hydrogens (tertiary/aromatic N) is 1. The van der Waals surface area contributed by atoms with Gasteiger partial charge < -0.3 is 14.8 Å². The summed E-state index contributed by atoms with van der Waals surface area (Å²) < 4.78 is 5.60. The van der Waals surface area contributed by atoms with E-state index in [4.69, 9.17) is 4.65 Å². The third-order valence-corrected chi connectivity index (χ3v) is 3.47. The lowest BCUT2D eigenvalue weighted by atomic mass is 9.74. The molecule has 0 amide bonds. The number of aromatic nitrogens is 1. The van der Waals surface area contributed by atoms with E-state index in [2.05, 4.69) is 4.98 Å². The van der Waals surface area contributed by atoms with Gasteiger partial charge in [0.2, 0.25) is 0 Å². The third-order valence-electron chi connectivity index (χ3n) is 3.47. The van der Waals surface area contributed by atoms with Gasteiger partial charge in [-0.15, -0.1) is 0 Å². The van der Waals surface area contributed by atoms with Crippen LogP contribution < -0.4 is 5.46 Å². The molecule has 4 nitrogen and oxygen atoms in total. The molecule has 5 heteroatoms. The minimum absolute atomic E-state index is 0.650. The molecule has 0 aliphatic heterocycles. The zero-order valence-electron chi connectivity index (χ0n) is 11.8. The minimum atomic E-state index is -1.09. The van der Waals surface area contributed by atoms with Gasteiger partial charge in [-0.3, -0.25) is 4.98 Å². The van der Waals surface area contributed by atoms with Crippen molar-refractivity contribution in [2.75, 3.05) is 0 Å². The highest BCUT2D eigenvalue weighted by molar-refractivity contribution is 6.60. The Morgan fingerprint density at radius 2 is 1.94 bits per heavy atom. The van der Waals surface area contributed by atoms with Gasteiger partial charge in [0, 0.05) is 17.9 Å². The molecule has 0 aromatic carbocycles. The summed E-state index contributed by atoms with van der Waals surface area (Å²) in [6.07, 6.45) is 4.08. The van der Waals surface area contributed by atoms with Crippen LogP contribution in [0.1, 0.15) is 40.2 Å². The van der Waals surface area contributed by atoms with Crippen molar-refractivity contribution in [2.24, 2.45) is 0 Å². The van der Waals surface area contributed by atoms with E-state index < -0.39 is 18.3 Å². The van der Waals surface area contributed by atoms with Crippen LogP contribution in [0.5, 0.6) is 0 Å². The van der Waals surface area contributed by atoms with E-state index in [0.29, 0.717) is 5.46 Å². The molecule has 0 radical (unpaired) electrons. The Morgan fingerprint density at radius 1 is 1.33 bits per heavy atom. The van der Waals surface area contributed by atoms with E-state index in [0.717, 1.165) is 12.0 Å². The number of rotatable bonds is 5. The Morgan fingerprint density at radius 3 is 2.44 bits per heavy atom. The molecule has 0 saturated carbocycles. The maximum Gasteiger partial charge on any atom is 0.493 e. The summed E-state index contributed by atoms with van der Waals surface area (Å²) in [4.78, 5) is 4.00. The van der Waals surface area contributed by atoms with Crippen LogP contribution in [0.3, 0.4) is 0 Å². The zero-order chi connectivity index (χ0) is 14.0. The van der Waals surface area contributed by atoms with Gasteiger partial charge in [-0.05, 0) is 45.7 Å². The highest BCUT2D eigenvalue weighted by Crippen LogP contribution is 2.25. The van der Waals surface area contributed by atoms with Gasteiger partial charge in [0.1, 0.15) is 0 Å². The van der Waals surface area contributed by atoms with Crippen molar-refractivity contribution in [1.29, 1.82) is 0 Å². The first-order valence-electron chi connectivity index (χ1n) is 6.20. The molecule has 0 saturated heterocycles. The minimum Gasteiger partial charge on any atom is -0.423 e. The fourth-order valence-electron chi connectivity index (χ4n) is 1.47. The molecule has 0 fully saturated rings. The molecule has 100 valence electrons. The van der Waals surface area contributed by atoms with Crippen LogP contribution in [-0.4, -0.2) is 33.4 Å². The number of pyridine rings is 1. The average Bonchev–Trinajstić information content (AvgIpc) is 2.26. The summed E-state index contributed by atoms with van der Waals surface area (Å²) in [5.74, 6) is 0. The predicted octanol–water partition coefficient (Wildman–Crippen LogP) is 0.898. The largest absolute Gasteiger partial charge is 0.493 e. The second-order valence-electron chi connectivity index (χ2n) is 5.47. The van der Waals surface area contributed by atoms with Crippen LogP contribution in [-0.2, 0) is 11.1 Å². The zero-order valence-corrected chi connectivity index (χ0v) is 11.8. The Hall–Kier alpha value is -0.905. The number of aryl methyl sites for hydroxylation is 1. The maximum absolute atomic E-state index is 10.2. The van der Waals surface area contributed by atoms with Gasteiger partial charge in [0.25, 0.3) is 0 Å². The first kappa shape index (κ1) is 15.2. The smallest absolute Gasteiger partial charge is 0.423 e. The Kier molecular flexibility index (Phi) is 4.53. The van der Waals surface area contributed by atoms with Crippen LogP contribution in [0.2, 0.25) is 0 Å². The lowest BCUT2D eigenvalue weighted by Gasteiger charge is -2.38. The lowest BCUT2D eigenvalue weighted by Crippen LogP contribution is -2.53. The molecule has 0 aliphatic carbocycles. The normalized spacial score (nSPS) is 12.6. The fourth-order valence-corrected chi connectivity index (χ4v) is 1.47. The molecule has 18 heavy (non-hydrogen) atoms. The summed E-state index contributed by atoms with van der Waals surface area (Å²) >= 11 is 0. The Labute approximate surface area is 109 Å². The summed E-state index contributed by atoms with van der Waals surface area (Å²) in [6.45, 7) is 8.82. The van der Waals surface area contributed by atoms with Crippen LogP contribution in [0.15, 0.2) is 18.5 Å². The first-order chi connectivity index (χ1) is 8.19. The van der Waals surface area contributed by atoms with Crippen molar-refractivity contribution in [3.63, 3.8) is 0 Å². The molecule has 0 unspecified atom stereocenters. The first-order valence-corrected chi connectivity index (χ1v) is 6.20. The van der Waals surface area contributed by atoms with Gasteiger partial charge in [-0.1, -0.05) is 6.92 Å². The Bertz CT molecular complexity index is 401. The van der Waals surface area contributed by atoms with Crippen LogP contribution >= 0.6 is 0 Å². The molecule has 0 spiro atoms. The molecule has 1 aromatic rings. The quantitative estimate of drug-likeness (QED) is 0.763. The van der Waals surface area contributed by atoms with Crippen molar-refractivity contribution in [3.8, 4) is 0 Å². The lowest BCUT2D eigenvalue weighted by molar-refractivity contribution is -0.0982. The highest BCUT2D eigenvalue weighted by Gasteiger charge is 2.39. The second kappa shape index (κ2) is 5.39. The molecule has 0 atom stereocenters. The average molecular weight is 251 g/mol. The monoisotopic (exact) mass is 251 g/mol. The summed E-state index contributed by atoms with van der Waals surface area (Å²) in [5, 5.41) is 20.2. The second-order valence-corrected chi connectivity index (χ2v) is 5.47. The fraction of sp³-hybridized carbons (Fsp3) is 0.615. The van der Waals surface area contributed by atoms with Gasteiger partial charge in [0.15, 0.2) is 0 Å². The van der Waals surface area contributed by atoms with Crippen molar-refractivity contribution >= 4 is 12.6 Å². The summed E-state index contributed by atoms with van der Waals surface area (Å²) in [5.41, 5.74) is -0.281. The van der Waals surface area contributed by atoms with Crippen molar-refractivity contribution in [3.05, 3.63) is 24.0 Å². The maximum atomic E-state index is 10.2. The molecule has 2 N–H and O–H groups in total. The number of hydrogen-bond acceptors (Lipinski definition) is 4. The molecule has 1 aromatic heterocycles. The summed E-state index contributed by atoms with van der Waals surface area (Å²) in [6, 6.07) is 1.86. The van der Waals surface area contributed by atoms with Crippen LogP contribution in [0.4, 0.5) is 0 Å². The molecular formula is C13H22BNO3. The summed E-state index contributed by atoms with van der Waals surface area (Å²) in [7, 11) is -1.09. The van der Waals surface area contributed by atoms with Crippen LogP contribution in [0.25, 0.3) is 0 Å². The van der Waals surface area contributed by atoms with Gasteiger partial charge in [0.05, 0.1) is 11.2 Å². The van der Waals surface area contributed by atoms with Crippen molar-refractivity contribution in [1.82, 2.24) is 4.98 Å². The molecule has 0 aliphatic rings. The molecule has 1 heterocycles. The van der Waals surface area contributed by atoms with Crippen molar-refractivity contribution < 1.29 is 14.8 Å². The van der Waals surface area contributed by atoms with Crippen molar-refractivity contribution in [2.45, 2.75) is 52.2 Å². The Balaban J connectivity index is 2.92. The van der Waals surface area contributed by atoms with E-state index in [1.807, 2.05) is 13.0 Å². The standard InChI is InChI=1S/C13H22BNO3/c1-6-10-7-8-15-9-11(10)14(17)18-13(4,5)12(2,3)16/h7-9,16-17H,6H2,1-5H3. The molecular weight excluding hydrogens is 229 g/mol. The van der Waals surface area contributed by atoms with E-state index in [9.17, 15) is 10.1 Å². The van der Waals surface area contributed by atoms with E-state index >= 15 is 0 Å². The SMILES string of the molecule is CCc1ccncc1B(O)OC(C)(C)C(C)(C)O. The van der Waals surface area contributed by atoms with E-state index in [1.165, 1.54) is 0 Å². The van der Waals surface area contributed by atoms with Crippen LogP contribution in [0, 0.1) is 0 Å². The van der Waals surface area contributed by atoms with Gasteiger partial charge in [-0.25, -0.2) is 0 Å². The van der Waals surface area contributed by atoms with Gasteiger partial charge >= 0.3 is 7.12 Å². The van der Waals surface area contributed by atoms with E-state index in [1.54, 1.807) is 40.1 Å².